The number of ether oxygens (including phenoxy) is 1. The lowest BCUT2D eigenvalue weighted by Gasteiger charge is -2.07. The van der Waals surface area contributed by atoms with Crippen LogP contribution in [0.4, 0.5) is 11.6 Å². The zero-order valence-electron chi connectivity index (χ0n) is 13.6. The number of hydrogen-bond donors (Lipinski definition) is 3. The second-order valence-electron chi connectivity index (χ2n) is 5.77. The molecule has 0 fully saturated rings. The van der Waals surface area contributed by atoms with Crippen LogP contribution in [0.1, 0.15) is 5.56 Å². The summed E-state index contributed by atoms with van der Waals surface area (Å²) in [4.78, 5) is 7.73. The van der Waals surface area contributed by atoms with Crippen molar-refractivity contribution >= 4 is 22.7 Å². The third kappa shape index (κ3) is 3.55. The predicted octanol–water partition coefficient (Wildman–Crippen LogP) is 4.55. The molecule has 1 heterocycles. The SMILES string of the molecule is Nc1ccc2[nH]c(NCc3ccc(Oc4ccccc4)cc3)nc2c1. The summed E-state index contributed by atoms with van der Waals surface area (Å²) in [6, 6.07) is 23.4. The second-order valence-corrected chi connectivity index (χ2v) is 5.77. The van der Waals surface area contributed by atoms with E-state index in [4.69, 9.17) is 10.5 Å². The molecule has 0 unspecified atom stereocenters. The number of imidazole rings is 1. The summed E-state index contributed by atoms with van der Waals surface area (Å²) in [7, 11) is 0. The maximum Gasteiger partial charge on any atom is 0.201 e. The summed E-state index contributed by atoms with van der Waals surface area (Å²) in [6.07, 6.45) is 0. The molecule has 4 rings (SSSR count). The van der Waals surface area contributed by atoms with Gasteiger partial charge in [-0.25, -0.2) is 4.98 Å². The van der Waals surface area contributed by atoms with Gasteiger partial charge in [0.1, 0.15) is 11.5 Å². The fraction of sp³-hybridized carbons (Fsp3) is 0.0500. The molecule has 1 aromatic heterocycles. The van der Waals surface area contributed by atoms with Gasteiger partial charge in [-0.05, 0) is 48.0 Å². The molecule has 0 aliphatic rings. The van der Waals surface area contributed by atoms with Crippen LogP contribution in [0.3, 0.4) is 0 Å². The van der Waals surface area contributed by atoms with Crippen LogP contribution in [0, 0.1) is 0 Å². The lowest BCUT2D eigenvalue weighted by atomic mass is 10.2. The van der Waals surface area contributed by atoms with E-state index >= 15 is 0 Å². The summed E-state index contributed by atoms with van der Waals surface area (Å²) in [6.45, 7) is 0.668. The summed E-state index contributed by atoms with van der Waals surface area (Å²) in [5.74, 6) is 2.37. The molecule has 0 radical (unpaired) electrons. The van der Waals surface area contributed by atoms with Gasteiger partial charge in [-0.1, -0.05) is 30.3 Å². The van der Waals surface area contributed by atoms with Gasteiger partial charge in [0.25, 0.3) is 0 Å². The highest BCUT2D eigenvalue weighted by Crippen LogP contribution is 2.22. The maximum absolute atomic E-state index is 5.80. The van der Waals surface area contributed by atoms with E-state index in [9.17, 15) is 0 Å². The minimum Gasteiger partial charge on any atom is -0.457 e. The van der Waals surface area contributed by atoms with E-state index in [1.807, 2.05) is 72.8 Å². The van der Waals surface area contributed by atoms with Gasteiger partial charge >= 0.3 is 0 Å². The van der Waals surface area contributed by atoms with Crippen molar-refractivity contribution in [3.05, 3.63) is 78.4 Å². The number of nitrogens with two attached hydrogens (primary N) is 1. The van der Waals surface area contributed by atoms with Crippen molar-refractivity contribution in [3.8, 4) is 11.5 Å². The number of nitrogens with zero attached hydrogens (tertiary/aromatic N) is 1. The number of aromatic amines is 1. The van der Waals surface area contributed by atoms with Gasteiger partial charge in [0.15, 0.2) is 0 Å². The third-order valence-electron chi connectivity index (χ3n) is 3.87. The predicted molar refractivity (Wildman–Crippen MR) is 101 cm³/mol. The van der Waals surface area contributed by atoms with E-state index in [0.717, 1.165) is 34.0 Å². The van der Waals surface area contributed by atoms with Crippen LogP contribution in [-0.2, 0) is 6.54 Å². The highest BCUT2D eigenvalue weighted by atomic mass is 16.5. The van der Waals surface area contributed by atoms with E-state index < -0.39 is 0 Å². The van der Waals surface area contributed by atoms with Crippen molar-refractivity contribution < 1.29 is 4.74 Å². The molecule has 124 valence electrons. The third-order valence-corrected chi connectivity index (χ3v) is 3.87. The van der Waals surface area contributed by atoms with E-state index in [1.165, 1.54) is 0 Å². The molecule has 0 aliphatic heterocycles. The Labute approximate surface area is 145 Å². The van der Waals surface area contributed by atoms with Gasteiger partial charge in [-0.2, -0.15) is 0 Å². The molecular formula is C20H18N4O. The van der Waals surface area contributed by atoms with Crippen LogP contribution in [0.25, 0.3) is 11.0 Å². The first-order valence-corrected chi connectivity index (χ1v) is 8.07. The molecule has 0 aliphatic carbocycles. The molecule has 0 spiro atoms. The Hall–Kier alpha value is -3.47. The van der Waals surface area contributed by atoms with Gasteiger partial charge in [0.2, 0.25) is 5.95 Å². The van der Waals surface area contributed by atoms with Crippen molar-refractivity contribution in [1.82, 2.24) is 9.97 Å². The van der Waals surface area contributed by atoms with Crippen molar-refractivity contribution in [2.24, 2.45) is 0 Å². The van der Waals surface area contributed by atoms with Crippen LogP contribution >= 0.6 is 0 Å². The van der Waals surface area contributed by atoms with Gasteiger partial charge in [-0.3, -0.25) is 0 Å². The number of anilines is 2. The lowest BCUT2D eigenvalue weighted by molar-refractivity contribution is 0.482. The van der Waals surface area contributed by atoms with Crippen molar-refractivity contribution in [2.45, 2.75) is 6.54 Å². The van der Waals surface area contributed by atoms with Gasteiger partial charge in [0.05, 0.1) is 11.0 Å². The average Bonchev–Trinajstić information content (AvgIpc) is 3.04. The number of aromatic nitrogens is 2. The van der Waals surface area contributed by atoms with Crippen LogP contribution in [0.5, 0.6) is 11.5 Å². The number of rotatable bonds is 5. The van der Waals surface area contributed by atoms with E-state index in [1.54, 1.807) is 0 Å². The molecule has 3 aromatic carbocycles. The fourth-order valence-corrected chi connectivity index (χ4v) is 2.59. The fourth-order valence-electron chi connectivity index (χ4n) is 2.59. The average molecular weight is 330 g/mol. The standard InChI is InChI=1S/C20H18N4O/c21-15-8-11-18-19(12-15)24-20(23-18)22-13-14-6-9-17(10-7-14)25-16-4-2-1-3-5-16/h1-12H,13,21H2,(H2,22,23,24). The number of para-hydroxylation sites is 1. The number of hydrogen-bond acceptors (Lipinski definition) is 4. The molecule has 0 atom stereocenters. The Morgan fingerprint density at radius 2 is 1.68 bits per heavy atom. The van der Waals surface area contributed by atoms with E-state index in [-0.39, 0.29) is 0 Å². The van der Waals surface area contributed by atoms with Crippen LogP contribution < -0.4 is 15.8 Å². The Bertz CT molecular complexity index is 978. The molecule has 0 bridgehead atoms. The minimum absolute atomic E-state index is 0.668. The number of nitrogens with one attached hydrogen (secondary N) is 2. The van der Waals surface area contributed by atoms with Crippen LogP contribution in [0.15, 0.2) is 72.8 Å². The normalized spacial score (nSPS) is 10.7. The number of fused-ring (bicyclic) bond motifs is 1. The summed E-state index contributed by atoms with van der Waals surface area (Å²) < 4.78 is 5.80. The summed E-state index contributed by atoms with van der Waals surface area (Å²) >= 11 is 0. The van der Waals surface area contributed by atoms with Crippen molar-refractivity contribution in [1.29, 1.82) is 0 Å². The Balaban J connectivity index is 1.40. The monoisotopic (exact) mass is 330 g/mol. The highest BCUT2D eigenvalue weighted by Gasteiger charge is 2.03. The molecule has 0 amide bonds. The first-order valence-electron chi connectivity index (χ1n) is 8.07. The Kier molecular flexibility index (Phi) is 3.96. The second kappa shape index (κ2) is 6.57. The van der Waals surface area contributed by atoms with E-state index in [2.05, 4.69) is 15.3 Å². The molecule has 5 nitrogen and oxygen atoms in total. The number of benzene rings is 3. The summed E-state index contributed by atoms with van der Waals surface area (Å²) in [5, 5.41) is 3.29. The largest absolute Gasteiger partial charge is 0.457 e. The van der Waals surface area contributed by atoms with E-state index in [0.29, 0.717) is 12.2 Å². The maximum atomic E-state index is 5.80. The number of nitrogen functional groups attached to an aromatic ring is 1. The van der Waals surface area contributed by atoms with Gasteiger partial charge in [0, 0.05) is 12.2 Å². The summed E-state index contributed by atoms with van der Waals surface area (Å²) in [5.41, 5.74) is 9.45. The lowest BCUT2D eigenvalue weighted by Crippen LogP contribution is -2.00. The quantitative estimate of drug-likeness (QED) is 0.469. The Morgan fingerprint density at radius 3 is 2.48 bits per heavy atom. The molecule has 5 heteroatoms. The van der Waals surface area contributed by atoms with Crippen LogP contribution in [0.2, 0.25) is 0 Å². The van der Waals surface area contributed by atoms with Crippen molar-refractivity contribution in [3.63, 3.8) is 0 Å². The highest BCUT2D eigenvalue weighted by molar-refractivity contribution is 5.80. The number of H-pyrrole nitrogens is 1. The first-order chi connectivity index (χ1) is 12.3. The molecule has 0 saturated carbocycles. The topological polar surface area (TPSA) is 76.0 Å². The Morgan fingerprint density at radius 1 is 0.920 bits per heavy atom. The zero-order chi connectivity index (χ0) is 17.1. The smallest absolute Gasteiger partial charge is 0.201 e. The van der Waals surface area contributed by atoms with Gasteiger partial charge < -0.3 is 20.8 Å². The van der Waals surface area contributed by atoms with Gasteiger partial charge in [-0.15, -0.1) is 0 Å². The molecule has 0 saturated heterocycles. The van der Waals surface area contributed by atoms with Crippen LogP contribution in [-0.4, -0.2) is 9.97 Å². The molecule has 4 N–H and O–H groups in total. The van der Waals surface area contributed by atoms with Crippen molar-refractivity contribution in [2.75, 3.05) is 11.1 Å². The molecule has 4 aromatic rings. The first kappa shape index (κ1) is 15.1. The minimum atomic E-state index is 0.668. The zero-order valence-corrected chi connectivity index (χ0v) is 13.6. The molecular weight excluding hydrogens is 312 g/mol. The molecule has 25 heavy (non-hydrogen) atoms.